The van der Waals surface area contributed by atoms with E-state index in [1.165, 1.54) is 25.3 Å². The number of carboxylic acid groups (broad SMARTS) is 1. The lowest BCUT2D eigenvalue weighted by Crippen LogP contribution is -2.29. The Morgan fingerprint density at radius 3 is 2.96 bits per heavy atom. The van der Waals surface area contributed by atoms with Crippen LogP contribution in [0.2, 0.25) is 0 Å². The number of anilines is 1. The second kappa shape index (κ2) is 7.10. The normalized spacial score (nSPS) is 16.8. The number of rotatable bonds is 6. The summed E-state index contributed by atoms with van der Waals surface area (Å²) in [6.07, 6.45) is 1.95. The highest BCUT2D eigenvalue weighted by molar-refractivity contribution is 5.99. The van der Waals surface area contributed by atoms with E-state index in [0.29, 0.717) is 18.7 Å². The lowest BCUT2D eigenvalue weighted by molar-refractivity contribution is 0.0697. The molecular weight excluding hydrogens is 331 g/mol. The highest BCUT2D eigenvalue weighted by atomic mass is 19.1. The fourth-order valence-corrected chi connectivity index (χ4v) is 2.91. The van der Waals surface area contributed by atoms with Gasteiger partial charge in [-0.3, -0.25) is 0 Å². The van der Waals surface area contributed by atoms with E-state index in [1.807, 2.05) is 0 Å². The topological polar surface area (TPSA) is 85.0 Å². The number of aromatic carboxylic acids is 1. The Morgan fingerprint density at radius 2 is 2.32 bits per heavy atom. The Kier molecular flexibility index (Phi) is 4.89. The van der Waals surface area contributed by atoms with Crippen LogP contribution in [0.4, 0.5) is 10.2 Å². The summed E-state index contributed by atoms with van der Waals surface area (Å²) in [7, 11) is 3.07. The number of halogens is 1. The zero-order chi connectivity index (χ0) is 18.0. The van der Waals surface area contributed by atoms with Crippen molar-refractivity contribution in [1.82, 2.24) is 5.16 Å². The Bertz CT molecular complexity index is 770. The summed E-state index contributed by atoms with van der Waals surface area (Å²) < 4.78 is 29.4. The third-order valence-corrected chi connectivity index (χ3v) is 4.16. The summed E-state index contributed by atoms with van der Waals surface area (Å²) >= 11 is 0. The minimum Gasteiger partial charge on any atom is -0.494 e. The molecule has 1 aromatic carbocycles. The number of nitrogens with zero attached hydrogens (tertiary/aromatic N) is 2. The Labute approximate surface area is 143 Å². The van der Waals surface area contributed by atoms with Crippen molar-refractivity contribution in [1.29, 1.82) is 0 Å². The van der Waals surface area contributed by atoms with Crippen molar-refractivity contribution in [2.45, 2.75) is 18.9 Å². The third kappa shape index (κ3) is 3.43. The van der Waals surface area contributed by atoms with Crippen LogP contribution in [-0.2, 0) is 4.74 Å². The van der Waals surface area contributed by atoms with Gasteiger partial charge in [-0.05, 0) is 31.0 Å². The van der Waals surface area contributed by atoms with Crippen molar-refractivity contribution in [2.24, 2.45) is 0 Å². The standard InChI is InChI=1S/C17H19FN2O5/c1-20(9-11-4-3-7-24-11)16-14(17(21)22)15(25-19-16)10-5-6-12(18)13(8-10)23-2/h5-6,8,11H,3-4,7,9H2,1-2H3,(H,21,22). The Hall–Kier alpha value is -2.61. The number of methoxy groups -OCH3 is 1. The summed E-state index contributed by atoms with van der Waals surface area (Å²) in [5.41, 5.74) is 0.300. The molecule has 2 heterocycles. The number of carbonyl (C=O) groups is 1. The number of benzene rings is 1. The number of carboxylic acids is 1. The third-order valence-electron chi connectivity index (χ3n) is 4.16. The van der Waals surface area contributed by atoms with Gasteiger partial charge in [0, 0.05) is 25.8 Å². The van der Waals surface area contributed by atoms with Gasteiger partial charge < -0.3 is 24.0 Å². The van der Waals surface area contributed by atoms with Crippen LogP contribution in [0, 0.1) is 5.82 Å². The first kappa shape index (κ1) is 17.2. The molecule has 2 aromatic rings. The zero-order valence-electron chi connectivity index (χ0n) is 14.0. The van der Waals surface area contributed by atoms with E-state index in [-0.39, 0.29) is 29.0 Å². The van der Waals surface area contributed by atoms with Crippen LogP contribution in [0.3, 0.4) is 0 Å². The predicted octanol–water partition coefficient (Wildman–Crippen LogP) is 2.80. The highest BCUT2D eigenvalue weighted by Crippen LogP contribution is 2.34. The average molecular weight is 350 g/mol. The minimum absolute atomic E-state index is 0.000464. The molecule has 0 amide bonds. The van der Waals surface area contributed by atoms with Gasteiger partial charge in [-0.2, -0.15) is 0 Å². The van der Waals surface area contributed by atoms with Crippen LogP contribution in [0.1, 0.15) is 23.2 Å². The number of ether oxygens (including phenoxy) is 2. The maximum atomic E-state index is 13.6. The van der Waals surface area contributed by atoms with E-state index in [1.54, 1.807) is 11.9 Å². The Balaban J connectivity index is 1.95. The van der Waals surface area contributed by atoms with Gasteiger partial charge >= 0.3 is 5.97 Å². The zero-order valence-corrected chi connectivity index (χ0v) is 14.0. The molecule has 3 rings (SSSR count). The first-order chi connectivity index (χ1) is 12.0. The fraction of sp³-hybridized carbons (Fsp3) is 0.412. The van der Waals surface area contributed by atoms with Gasteiger partial charge in [0.25, 0.3) is 0 Å². The number of aromatic nitrogens is 1. The van der Waals surface area contributed by atoms with E-state index < -0.39 is 11.8 Å². The van der Waals surface area contributed by atoms with Gasteiger partial charge in [-0.1, -0.05) is 5.16 Å². The molecule has 25 heavy (non-hydrogen) atoms. The van der Waals surface area contributed by atoms with Crippen molar-refractivity contribution in [3.05, 3.63) is 29.6 Å². The largest absolute Gasteiger partial charge is 0.494 e. The maximum Gasteiger partial charge on any atom is 0.343 e. The van der Waals surface area contributed by atoms with Crippen LogP contribution in [0.5, 0.6) is 5.75 Å². The van der Waals surface area contributed by atoms with Crippen LogP contribution >= 0.6 is 0 Å². The van der Waals surface area contributed by atoms with E-state index in [4.69, 9.17) is 14.0 Å². The monoisotopic (exact) mass is 350 g/mol. The average Bonchev–Trinajstić information content (AvgIpc) is 3.24. The molecular formula is C17H19FN2O5. The van der Waals surface area contributed by atoms with Gasteiger partial charge in [0.2, 0.25) is 0 Å². The molecule has 1 aliphatic rings. The highest BCUT2D eigenvalue weighted by Gasteiger charge is 2.28. The molecule has 1 saturated heterocycles. The lowest BCUT2D eigenvalue weighted by atomic mass is 10.1. The van der Waals surface area contributed by atoms with Crippen LogP contribution in [0.15, 0.2) is 22.7 Å². The van der Waals surface area contributed by atoms with Gasteiger partial charge in [0.05, 0.1) is 13.2 Å². The molecule has 134 valence electrons. The van der Waals surface area contributed by atoms with Crippen LogP contribution < -0.4 is 9.64 Å². The number of hydrogen-bond acceptors (Lipinski definition) is 6. The lowest BCUT2D eigenvalue weighted by Gasteiger charge is -2.20. The molecule has 0 spiro atoms. The number of likely N-dealkylation sites (N-methyl/N-ethyl adjacent to an activating group) is 1. The first-order valence-corrected chi connectivity index (χ1v) is 7.91. The molecule has 1 N–H and O–H groups in total. The van der Waals surface area contributed by atoms with Crippen LogP contribution in [0.25, 0.3) is 11.3 Å². The van der Waals surface area contributed by atoms with Gasteiger partial charge in [-0.25, -0.2) is 9.18 Å². The smallest absolute Gasteiger partial charge is 0.343 e. The molecule has 0 aliphatic carbocycles. The van der Waals surface area contributed by atoms with Crippen molar-refractivity contribution in [2.75, 3.05) is 32.2 Å². The van der Waals surface area contributed by atoms with Crippen molar-refractivity contribution < 1.29 is 28.3 Å². The van der Waals surface area contributed by atoms with Crippen molar-refractivity contribution >= 4 is 11.8 Å². The first-order valence-electron chi connectivity index (χ1n) is 7.91. The molecule has 0 saturated carbocycles. The second-order valence-corrected chi connectivity index (χ2v) is 5.88. The SMILES string of the molecule is COc1cc(-c2onc(N(C)CC3CCCO3)c2C(=O)O)ccc1F. The molecule has 7 nitrogen and oxygen atoms in total. The Morgan fingerprint density at radius 1 is 1.52 bits per heavy atom. The maximum absolute atomic E-state index is 13.6. The van der Waals surface area contributed by atoms with E-state index in [2.05, 4.69) is 5.16 Å². The summed E-state index contributed by atoms with van der Waals surface area (Å²) in [5.74, 6) is -1.45. The van der Waals surface area contributed by atoms with Gasteiger partial charge in [0.15, 0.2) is 28.7 Å². The van der Waals surface area contributed by atoms with Crippen molar-refractivity contribution in [3.63, 3.8) is 0 Å². The molecule has 1 aliphatic heterocycles. The molecule has 1 fully saturated rings. The van der Waals surface area contributed by atoms with E-state index in [0.717, 1.165) is 12.8 Å². The van der Waals surface area contributed by atoms with Crippen LogP contribution in [-0.4, -0.2) is 49.6 Å². The minimum atomic E-state index is -1.17. The molecule has 0 radical (unpaired) electrons. The second-order valence-electron chi connectivity index (χ2n) is 5.88. The quantitative estimate of drug-likeness (QED) is 0.857. The summed E-state index contributed by atoms with van der Waals surface area (Å²) in [6, 6.07) is 4.00. The molecule has 0 bridgehead atoms. The summed E-state index contributed by atoms with van der Waals surface area (Å²) in [6.45, 7) is 1.22. The molecule has 1 unspecified atom stereocenters. The molecule has 8 heteroatoms. The summed E-state index contributed by atoms with van der Waals surface area (Å²) in [4.78, 5) is 13.5. The molecule has 1 atom stereocenters. The van der Waals surface area contributed by atoms with Gasteiger partial charge in [-0.15, -0.1) is 0 Å². The molecule has 1 aromatic heterocycles. The van der Waals surface area contributed by atoms with Gasteiger partial charge in [0.1, 0.15) is 0 Å². The summed E-state index contributed by atoms with van der Waals surface area (Å²) in [5, 5.41) is 13.5. The predicted molar refractivity (Wildman–Crippen MR) is 87.7 cm³/mol. The number of hydrogen-bond donors (Lipinski definition) is 1. The van der Waals surface area contributed by atoms with E-state index >= 15 is 0 Å². The van der Waals surface area contributed by atoms with Crippen molar-refractivity contribution in [3.8, 4) is 17.1 Å². The van der Waals surface area contributed by atoms with E-state index in [9.17, 15) is 14.3 Å². The fourth-order valence-electron chi connectivity index (χ4n) is 2.91.